The molecule has 19 nitrogen and oxygen atoms in total. The third-order valence-corrected chi connectivity index (χ3v) is 13.0. The zero-order chi connectivity index (χ0) is 50.9. The van der Waals surface area contributed by atoms with Crippen LogP contribution < -0.4 is 47.3 Å². The smallest absolute Gasteiger partial charge is 0.407 e. The maximum Gasteiger partial charge on any atom is 0.407 e. The molecule has 1 aliphatic carbocycles. The zero-order valence-electron chi connectivity index (χ0n) is 40.4. The first kappa shape index (κ1) is 52.0. The highest BCUT2D eigenvalue weighted by Gasteiger charge is 2.46. The van der Waals surface area contributed by atoms with Gasteiger partial charge in [-0.25, -0.2) is 4.79 Å². The first-order valence-electron chi connectivity index (χ1n) is 24.4. The predicted octanol–water partition coefficient (Wildman–Crippen LogP) is 1.58. The minimum absolute atomic E-state index is 0.000485. The van der Waals surface area contributed by atoms with Crippen molar-refractivity contribution in [2.75, 3.05) is 72.6 Å². The van der Waals surface area contributed by atoms with E-state index in [4.69, 9.17) is 9.47 Å². The molecule has 19 heteroatoms. The Bertz CT molecular complexity index is 2570. The van der Waals surface area contributed by atoms with E-state index in [-0.39, 0.29) is 63.7 Å². The molecule has 0 bridgehead atoms. The molecule has 2 heterocycles. The number of ether oxygens (including phenoxy) is 2. The molecule has 1 saturated heterocycles. The minimum atomic E-state index is -2.23. The summed E-state index contributed by atoms with van der Waals surface area (Å²) in [7, 11) is 2.08. The van der Waals surface area contributed by atoms with Crippen LogP contribution in [0.2, 0.25) is 0 Å². The van der Waals surface area contributed by atoms with Crippen LogP contribution in [0.25, 0.3) is 11.1 Å². The molecule has 4 aromatic rings. The number of benzene rings is 4. The second-order valence-electron chi connectivity index (χ2n) is 18.1. The number of fused-ring (bicyclic) bond motifs is 4. The lowest BCUT2D eigenvalue weighted by atomic mass is 9.84. The van der Waals surface area contributed by atoms with Crippen LogP contribution in [-0.2, 0) is 57.7 Å². The molecule has 72 heavy (non-hydrogen) atoms. The molecule has 0 spiro atoms. The van der Waals surface area contributed by atoms with Gasteiger partial charge in [0.25, 0.3) is 0 Å². The number of carbonyl (C=O) groups excluding carboxylic acids is 8. The van der Waals surface area contributed by atoms with Gasteiger partial charge in [-0.2, -0.15) is 0 Å². The normalized spacial score (nSPS) is 18.4. The fraction of sp³-hybridized carbons (Fsp3) is 0.396. The van der Waals surface area contributed by atoms with Gasteiger partial charge in [0.2, 0.25) is 41.4 Å². The highest BCUT2D eigenvalue weighted by molar-refractivity contribution is 6.06. The van der Waals surface area contributed by atoms with E-state index in [9.17, 15) is 38.4 Å². The van der Waals surface area contributed by atoms with Crippen molar-refractivity contribution in [2.45, 2.75) is 57.0 Å². The van der Waals surface area contributed by atoms with Crippen molar-refractivity contribution in [3.8, 4) is 16.9 Å². The lowest BCUT2D eigenvalue weighted by molar-refractivity contribution is -0.143. The standard InChI is InChI=1S/C53H63N9O10/c1-62-27-22-37-36(31-62)13-9-18-44(37)71-28-10-23-54-45(63)20-25-56-50(68)53(34-60-48(66)30-58-52(70)72-32-42-40-16-7-5-14-38(40)39-15-6-8-17-41(39)42)33-59-46(64)19-24-55-49(67)43(29-35-11-3-2-4-12-35)61-47(65)21-26-57-51(53)69/h2-9,11-18,42-43H,10,19-34H2,1H3,(H,54,63)(H,55,67)(H,56,68)(H,57,69)(H,58,70)(H,59,64)(H,60,66)(H,61,65)/t43-,53?/m0/s1. The molecule has 0 saturated carbocycles. The fourth-order valence-electron chi connectivity index (χ4n) is 9.03. The molecule has 3 aliphatic rings. The molecule has 0 radical (unpaired) electrons. The van der Waals surface area contributed by atoms with Crippen molar-refractivity contribution in [3.63, 3.8) is 0 Å². The number of nitrogens with zero attached hydrogens (tertiary/aromatic N) is 1. The Labute approximate surface area is 418 Å². The van der Waals surface area contributed by atoms with Crippen LogP contribution in [0.1, 0.15) is 59.4 Å². The van der Waals surface area contributed by atoms with E-state index in [0.717, 1.165) is 53.1 Å². The SMILES string of the molecule is CN1CCc2c(cccc2OCCCNC(=O)CCNC(=O)C2(CNC(=O)CNC(=O)OCC3c4ccccc4-c4ccccc43)CNC(=O)CCNC(=O)[C@H](Cc3ccccc3)NC(=O)CCNC2=O)C1. The lowest BCUT2D eigenvalue weighted by Crippen LogP contribution is -2.62. The molecule has 2 aliphatic heterocycles. The fourth-order valence-corrected chi connectivity index (χ4v) is 9.03. The van der Waals surface area contributed by atoms with Crippen molar-refractivity contribution in [1.29, 1.82) is 0 Å². The van der Waals surface area contributed by atoms with Gasteiger partial charge in [-0.3, -0.25) is 33.6 Å². The van der Waals surface area contributed by atoms with E-state index < -0.39 is 72.6 Å². The topological polar surface area (TPSA) is 254 Å². The van der Waals surface area contributed by atoms with Crippen molar-refractivity contribution in [3.05, 3.63) is 125 Å². The van der Waals surface area contributed by atoms with Crippen LogP contribution in [0.15, 0.2) is 97.1 Å². The highest BCUT2D eigenvalue weighted by Crippen LogP contribution is 2.44. The van der Waals surface area contributed by atoms with Gasteiger partial charge < -0.3 is 56.9 Å². The number of hydrogen-bond acceptors (Lipinski definition) is 11. The van der Waals surface area contributed by atoms with Crippen molar-refractivity contribution in [1.82, 2.24) is 47.4 Å². The summed E-state index contributed by atoms with van der Waals surface area (Å²) in [5.74, 6) is -4.16. The van der Waals surface area contributed by atoms with Gasteiger partial charge in [-0.1, -0.05) is 91.0 Å². The summed E-state index contributed by atoms with van der Waals surface area (Å²) in [5, 5.41) is 21.0. The molecule has 7 rings (SSSR count). The van der Waals surface area contributed by atoms with Gasteiger partial charge in [0.1, 0.15) is 18.4 Å². The number of rotatable bonds is 17. The van der Waals surface area contributed by atoms with E-state index in [1.165, 1.54) is 11.1 Å². The van der Waals surface area contributed by atoms with Gasteiger partial charge in [-0.05, 0) is 64.9 Å². The third kappa shape index (κ3) is 14.0. The Morgan fingerprint density at radius 3 is 2.19 bits per heavy atom. The molecule has 4 aromatic carbocycles. The van der Waals surface area contributed by atoms with Crippen LogP contribution in [0.3, 0.4) is 0 Å². The summed E-state index contributed by atoms with van der Waals surface area (Å²) in [6.45, 7) is -0.0704. The van der Waals surface area contributed by atoms with Gasteiger partial charge in [-0.15, -0.1) is 0 Å². The van der Waals surface area contributed by atoms with Crippen LogP contribution in [0.4, 0.5) is 4.79 Å². The molecule has 1 fully saturated rings. The largest absolute Gasteiger partial charge is 0.493 e. The van der Waals surface area contributed by atoms with Crippen LogP contribution in [0.5, 0.6) is 5.75 Å². The van der Waals surface area contributed by atoms with E-state index in [1.807, 2.05) is 78.9 Å². The average molecular weight is 986 g/mol. The number of hydrogen-bond donors (Lipinski definition) is 8. The first-order valence-corrected chi connectivity index (χ1v) is 24.4. The number of nitrogens with one attached hydrogen (secondary N) is 8. The van der Waals surface area contributed by atoms with Gasteiger partial charge in [0, 0.05) is 84.0 Å². The second-order valence-corrected chi connectivity index (χ2v) is 18.1. The summed E-state index contributed by atoms with van der Waals surface area (Å²) in [4.78, 5) is 110. The van der Waals surface area contributed by atoms with E-state index >= 15 is 0 Å². The maximum absolute atomic E-state index is 14.3. The Morgan fingerprint density at radius 2 is 1.43 bits per heavy atom. The number of carbonyl (C=O) groups is 8. The first-order chi connectivity index (χ1) is 34.9. The minimum Gasteiger partial charge on any atom is -0.493 e. The van der Waals surface area contributed by atoms with Crippen molar-refractivity contribution >= 4 is 47.4 Å². The maximum atomic E-state index is 14.3. The number of amides is 8. The van der Waals surface area contributed by atoms with Crippen molar-refractivity contribution in [2.24, 2.45) is 5.41 Å². The molecular formula is C53H63N9O10. The Kier molecular flexibility index (Phi) is 18.3. The highest BCUT2D eigenvalue weighted by atomic mass is 16.5. The van der Waals surface area contributed by atoms with E-state index in [2.05, 4.69) is 60.5 Å². The van der Waals surface area contributed by atoms with Gasteiger partial charge in [0.05, 0.1) is 13.2 Å². The number of alkyl carbamates (subject to hydrolysis) is 1. The van der Waals surface area contributed by atoms with Crippen LogP contribution in [-0.4, -0.2) is 131 Å². The predicted molar refractivity (Wildman–Crippen MR) is 266 cm³/mol. The lowest BCUT2D eigenvalue weighted by Gasteiger charge is -2.31. The molecule has 8 N–H and O–H groups in total. The van der Waals surface area contributed by atoms with Gasteiger partial charge in [0.15, 0.2) is 5.41 Å². The van der Waals surface area contributed by atoms with E-state index in [0.29, 0.717) is 19.6 Å². The summed E-state index contributed by atoms with van der Waals surface area (Å²) < 4.78 is 11.6. The molecule has 380 valence electrons. The molecule has 0 aromatic heterocycles. The van der Waals surface area contributed by atoms with Gasteiger partial charge >= 0.3 is 6.09 Å². The Morgan fingerprint density at radius 1 is 0.722 bits per heavy atom. The summed E-state index contributed by atoms with van der Waals surface area (Å²) in [5.41, 5.74) is 5.08. The quantitative estimate of drug-likeness (QED) is 0.0557. The molecule has 8 amide bonds. The molecule has 2 atom stereocenters. The summed E-state index contributed by atoms with van der Waals surface area (Å²) >= 11 is 0. The van der Waals surface area contributed by atoms with Crippen LogP contribution >= 0.6 is 0 Å². The monoisotopic (exact) mass is 985 g/mol. The zero-order valence-corrected chi connectivity index (χ0v) is 40.4. The van der Waals surface area contributed by atoms with Crippen molar-refractivity contribution < 1.29 is 47.8 Å². The molecular weight excluding hydrogens is 923 g/mol. The Hall–Kier alpha value is -7.80. The van der Waals surface area contributed by atoms with E-state index in [1.54, 1.807) is 12.1 Å². The Balaban J connectivity index is 0.963. The number of likely N-dealkylation sites (N-methyl/N-ethyl adjacent to an activating group) is 1. The van der Waals surface area contributed by atoms with Crippen LogP contribution in [0, 0.1) is 5.41 Å². The second kappa shape index (κ2) is 25.4. The summed E-state index contributed by atoms with van der Waals surface area (Å²) in [6.07, 6.45) is -0.0166. The molecule has 1 unspecified atom stereocenters. The average Bonchev–Trinajstić information content (AvgIpc) is 3.70. The summed E-state index contributed by atoms with van der Waals surface area (Å²) in [6, 6.07) is 29.8. The third-order valence-electron chi connectivity index (χ3n) is 13.0.